The van der Waals surface area contributed by atoms with Gasteiger partial charge in [0, 0.05) is 19.0 Å². The third-order valence-corrected chi connectivity index (χ3v) is 5.89. The number of aromatic amines is 1. The SMILES string of the molecule is COc1cc2c(cc1OC)[C@@H](c1cc3cc(C)cc(C)c3[nH]c1=O)N(C(C)=O)CC2. The van der Waals surface area contributed by atoms with E-state index in [4.69, 9.17) is 9.47 Å². The van der Waals surface area contributed by atoms with Gasteiger partial charge in [0.1, 0.15) is 0 Å². The number of aromatic nitrogens is 1. The first kappa shape index (κ1) is 20.0. The second-order valence-corrected chi connectivity index (χ2v) is 7.87. The molecule has 6 heteroatoms. The number of fused-ring (bicyclic) bond motifs is 2. The van der Waals surface area contributed by atoms with E-state index < -0.39 is 6.04 Å². The number of H-pyrrole nitrogens is 1. The zero-order valence-electron chi connectivity index (χ0n) is 18.0. The van der Waals surface area contributed by atoms with Crippen LogP contribution in [0.4, 0.5) is 0 Å². The van der Waals surface area contributed by atoms with Crippen molar-refractivity contribution in [1.82, 2.24) is 9.88 Å². The Morgan fingerprint density at radius 3 is 2.40 bits per heavy atom. The van der Waals surface area contributed by atoms with Crippen molar-refractivity contribution in [3.8, 4) is 11.5 Å². The van der Waals surface area contributed by atoms with Crippen LogP contribution in [0.15, 0.2) is 35.1 Å². The van der Waals surface area contributed by atoms with Gasteiger partial charge in [0.15, 0.2) is 11.5 Å². The zero-order valence-corrected chi connectivity index (χ0v) is 18.0. The summed E-state index contributed by atoms with van der Waals surface area (Å²) in [6.07, 6.45) is 0.690. The van der Waals surface area contributed by atoms with Gasteiger partial charge in [-0.2, -0.15) is 0 Å². The van der Waals surface area contributed by atoms with E-state index in [2.05, 4.69) is 11.1 Å². The monoisotopic (exact) mass is 406 g/mol. The second kappa shape index (κ2) is 7.52. The highest BCUT2D eigenvalue weighted by molar-refractivity contribution is 5.83. The van der Waals surface area contributed by atoms with Gasteiger partial charge in [0.2, 0.25) is 5.91 Å². The number of carbonyl (C=O) groups is 1. The molecule has 0 bridgehead atoms. The number of rotatable bonds is 3. The maximum absolute atomic E-state index is 13.2. The Morgan fingerprint density at radius 1 is 1.03 bits per heavy atom. The number of ether oxygens (including phenoxy) is 2. The minimum absolute atomic E-state index is 0.0691. The second-order valence-electron chi connectivity index (χ2n) is 7.87. The van der Waals surface area contributed by atoms with E-state index in [-0.39, 0.29) is 11.5 Å². The molecule has 2 heterocycles. The highest BCUT2D eigenvalue weighted by Gasteiger charge is 2.33. The molecule has 2 aromatic carbocycles. The summed E-state index contributed by atoms with van der Waals surface area (Å²) in [5.74, 6) is 1.15. The predicted octanol–water partition coefficient (Wildman–Crippen LogP) is 3.66. The van der Waals surface area contributed by atoms with Crippen LogP contribution in [0, 0.1) is 13.8 Å². The molecule has 1 aliphatic rings. The highest BCUT2D eigenvalue weighted by Crippen LogP contribution is 2.40. The number of hydrogen-bond acceptors (Lipinski definition) is 4. The van der Waals surface area contributed by atoms with Crippen molar-refractivity contribution < 1.29 is 14.3 Å². The summed E-state index contributed by atoms with van der Waals surface area (Å²) < 4.78 is 11.0. The molecule has 1 amide bonds. The molecule has 30 heavy (non-hydrogen) atoms. The van der Waals surface area contributed by atoms with Gasteiger partial charge in [-0.25, -0.2) is 0 Å². The van der Waals surface area contributed by atoms with Crippen LogP contribution in [0.5, 0.6) is 11.5 Å². The fourth-order valence-corrected chi connectivity index (χ4v) is 4.53. The van der Waals surface area contributed by atoms with Crippen LogP contribution >= 0.6 is 0 Å². The fourth-order valence-electron chi connectivity index (χ4n) is 4.53. The Morgan fingerprint density at radius 2 is 1.73 bits per heavy atom. The molecule has 3 aromatic rings. The number of hydrogen-bond donors (Lipinski definition) is 1. The molecule has 0 unspecified atom stereocenters. The number of methoxy groups -OCH3 is 2. The van der Waals surface area contributed by atoms with Crippen molar-refractivity contribution in [3.63, 3.8) is 0 Å². The molecule has 0 saturated heterocycles. The first-order chi connectivity index (χ1) is 14.3. The molecule has 6 nitrogen and oxygen atoms in total. The lowest BCUT2D eigenvalue weighted by Gasteiger charge is -2.37. The summed E-state index contributed by atoms with van der Waals surface area (Å²) in [6, 6.07) is 9.37. The van der Waals surface area contributed by atoms with E-state index in [0.717, 1.165) is 33.2 Å². The van der Waals surface area contributed by atoms with Gasteiger partial charge < -0.3 is 19.4 Å². The topological polar surface area (TPSA) is 71.6 Å². The lowest BCUT2D eigenvalue weighted by molar-refractivity contribution is -0.130. The number of pyridine rings is 1. The molecule has 1 aliphatic heterocycles. The maximum atomic E-state index is 13.2. The van der Waals surface area contributed by atoms with Crippen molar-refractivity contribution in [3.05, 3.63) is 68.5 Å². The molecule has 156 valence electrons. The van der Waals surface area contributed by atoms with Crippen LogP contribution in [-0.2, 0) is 11.2 Å². The van der Waals surface area contributed by atoms with Gasteiger partial charge in [-0.05, 0) is 66.6 Å². The van der Waals surface area contributed by atoms with Crippen LogP contribution in [0.3, 0.4) is 0 Å². The minimum Gasteiger partial charge on any atom is -0.493 e. The predicted molar refractivity (Wildman–Crippen MR) is 117 cm³/mol. The highest BCUT2D eigenvalue weighted by atomic mass is 16.5. The molecule has 0 aliphatic carbocycles. The van der Waals surface area contributed by atoms with Gasteiger partial charge in [0.05, 0.1) is 25.8 Å². The third kappa shape index (κ3) is 3.22. The van der Waals surface area contributed by atoms with E-state index in [1.165, 1.54) is 0 Å². The van der Waals surface area contributed by atoms with Crippen LogP contribution in [0.2, 0.25) is 0 Å². The molecule has 1 N–H and O–H groups in total. The summed E-state index contributed by atoms with van der Waals surface area (Å²) in [6.45, 7) is 6.10. The molecular formula is C24H26N2O4. The van der Waals surface area contributed by atoms with E-state index >= 15 is 0 Å². The summed E-state index contributed by atoms with van der Waals surface area (Å²) in [7, 11) is 3.18. The third-order valence-electron chi connectivity index (χ3n) is 5.89. The van der Waals surface area contributed by atoms with Crippen LogP contribution in [0.1, 0.15) is 40.8 Å². The molecule has 1 aromatic heterocycles. The maximum Gasteiger partial charge on any atom is 0.254 e. The van der Waals surface area contributed by atoms with Crippen LogP contribution in [-0.4, -0.2) is 36.6 Å². The molecule has 0 saturated carbocycles. The first-order valence-electron chi connectivity index (χ1n) is 10.00. The normalized spacial score (nSPS) is 15.8. The standard InChI is InChI=1S/C24H26N2O4/c1-13-8-14(2)22-17(9-13)10-19(24(28)25-22)23-18-12-21(30-5)20(29-4)11-16(18)6-7-26(23)15(3)27/h8-12,23H,6-7H2,1-5H3,(H,25,28)/t23-/m0/s1. The Labute approximate surface area is 175 Å². The molecule has 0 spiro atoms. The Hall–Kier alpha value is -3.28. The number of aryl methyl sites for hydroxylation is 2. The molecule has 1 atom stereocenters. The van der Waals surface area contributed by atoms with Gasteiger partial charge in [0.25, 0.3) is 5.56 Å². The number of nitrogens with one attached hydrogen (secondary N) is 1. The number of benzene rings is 2. The molecule has 0 radical (unpaired) electrons. The van der Waals surface area contributed by atoms with Crippen LogP contribution < -0.4 is 15.0 Å². The van der Waals surface area contributed by atoms with Gasteiger partial charge in [-0.1, -0.05) is 11.6 Å². The average molecular weight is 406 g/mol. The van der Waals surface area contributed by atoms with Crippen molar-refractivity contribution in [2.75, 3.05) is 20.8 Å². The zero-order chi connectivity index (χ0) is 21.6. The van der Waals surface area contributed by atoms with Crippen LogP contribution in [0.25, 0.3) is 10.9 Å². The Kier molecular flexibility index (Phi) is 5.02. The Bertz CT molecular complexity index is 1210. The van der Waals surface area contributed by atoms with Gasteiger partial charge in [-0.3, -0.25) is 9.59 Å². The van der Waals surface area contributed by atoms with Crippen molar-refractivity contribution in [2.24, 2.45) is 0 Å². The summed E-state index contributed by atoms with van der Waals surface area (Å²) in [4.78, 5) is 30.5. The molecular weight excluding hydrogens is 380 g/mol. The lowest BCUT2D eigenvalue weighted by Crippen LogP contribution is -2.41. The van der Waals surface area contributed by atoms with Crippen molar-refractivity contribution in [2.45, 2.75) is 33.2 Å². The average Bonchev–Trinajstić information content (AvgIpc) is 2.71. The van der Waals surface area contributed by atoms with Gasteiger partial charge in [-0.15, -0.1) is 0 Å². The fraction of sp³-hybridized carbons (Fsp3) is 0.333. The Balaban J connectivity index is 1.99. The van der Waals surface area contributed by atoms with E-state index in [9.17, 15) is 9.59 Å². The molecule has 4 rings (SSSR count). The van der Waals surface area contributed by atoms with E-state index in [0.29, 0.717) is 30.0 Å². The number of nitrogens with zero attached hydrogens (tertiary/aromatic N) is 1. The quantitative estimate of drug-likeness (QED) is 0.721. The van der Waals surface area contributed by atoms with E-state index in [1.54, 1.807) is 26.0 Å². The lowest BCUT2D eigenvalue weighted by atomic mass is 9.87. The minimum atomic E-state index is -0.486. The summed E-state index contributed by atoms with van der Waals surface area (Å²) in [5, 5.41) is 0.957. The summed E-state index contributed by atoms with van der Waals surface area (Å²) in [5.41, 5.74) is 5.28. The smallest absolute Gasteiger partial charge is 0.254 e. The molecule has 0 fully saturated rings. The van der Waals surface area contributed by atoms with Gasteiger partial charge >= 0.3 is 0 Å². The van der Waals surface area contributed by atoms with E-state index in [1.807, 2.05) is 38.1 Å². The largest absolute Gasteiger partial charge is 0.493 e. The number of carbonyl (C=O) groups excluding carboxylic acids is 1. The summed E-state index contributed by atoms with van der Waals surface area (Å²) >= 11 is 0. The van der Waals surface area contributed by atoms with Crippen molar-refractivity contribution >= 4 is 16.8 Å². The number of amides is 1. The van der Waals surface area contributed by atoms with Crippen molar-refractivity contribution in [1.29, 1.82) is 0 Å². The first-order valence-corrected chi connectivity index (χ1v) is 10.00.